The zero-order valence-electron chi connectivity index (χ0n) is 13.7. The first kappa shape index (κ1) is 15.7. The number of ether oxygens (including phenoxy) is 1. The minimum absolute atomic E-state index is 0.122. The third-order valence-corrected chi connectivity index (χ3v) is 4.00. The third kappa shape index (κ3) is 2.84. The van der Waals surface area contributed by atoms with Gasteiger partial charge in [0.15, 0.2) is 0 Å². The van der Waals surface area contributed by atoms with E-state index in [2.05, 4.69) is 15.4 Å². The molecule has 4 rings (SSSR count). The van der Waals surface area contributed by atoms with Gasteiger partial charge in [-0.05, 0) is 23.8 Å². The van der Waals surface area contributed by atoms with Crippen LogP contribution >= 0.6 is 0 Å². The lowest BCUT2D eigenvalue weighted by atomic mass is 10.1. The van der Waals surface area contributed by atoms with Crippen LogP contribution < -0.4 is 16.9 Å². The molecule has 8 nitrogen and oxygen atoms in total. The van der Waals surface area contributed by atoms with Gasteiger partial charge < -0.3 is 16.2 Å². The number of fused-ring (bicyclic) bond motifs is 3. The molecular weight excluding hydrogens is 332 g/mol. The molecule has 2 heterocycles. The monoisotopic (exact) mass is 348 g/mol. The Morgan fingerprint density at radius 2 is 1.88 bits per heavy atom. The SMILES string of the molecule is Nc1nc(N)c2c(ccc3c2ccn3NC(=O)OCc2ccccc2)n1. The van der Waals surface area contributed by atoms with Crippen molar-refractivity contribution in [2.75, 3.05) is 16.9 Å². The number of benzene rings is 2. The molecule has 2 aromatic carbocycles. The maximum absolute atomic E-state index is 12.1. The lowest BCUT2D eigenvalue weighted by Gasteiger charge is -2.10. The highest BCUT2D eigenvalue weighted by Crippen LogP contribution is 2.28. The average Bonchev–Trinajstić information content (AvgIpc) is 3.03. The summed E-state index contributed by atoms with van der Waals surface area (Å²) in [5, 5.41) is 1.50. The van der Waals surface area contributed by atoms with Crippen LogP contribution in [0.1, 0.15) is 5.56 Å². The second-order valence-electron chi connectivity index (χ2n) is 5.72. The average molecular weight is 348 g/mol. The number of nitrogens with two attached hydrogens (primary N) is 2. The Morgan fingerprint density at radius 3 is 2.69 bits per heavy atom. The van der Waals surface area contributed by atoms with Crippen LogP contribution in [0.25, 0.3) is 21.8 Å². The first-order valence-corrected chi connectivity index (χ1v) is 7.92. The van der Waals surface area contributed by atoms with Gasteiger partial charge in [-0.15, -0.1) is 0 Å². The number of rotatable bonds is 3. The number of nitrogens with one attached hydrogen (secondary N) is 1. The first-order chi connectivity index (χ1) is 12.6. The van der Waals surface area contributed by atoms with E-state index in [0.717, 1.165) is 16.5 Å². The van der Waals surface area contributed by atoms with Gasteiger partial charge in [0.1, 0.15) is 12.4 Å². The fraction of sp³-hybridized carbons (Fsp3) is 0.0556. The van der Waals surface area contributed by atoms with Gasteiger partial charge >= 0.3 is 6.09 Å². The number of aromatic nitrogens is 3. The molecule has 26 heavy (non-hydrogen) atoms. The van der Waals surface area contributed by atoms with Crippen molar-refractivity contribution in [2.45, 2.75) is 6.61 Å². The largest absolute Gasteiger partial charge is 0.443 e. The minimum Gasteiger partial charge on any atom is -0.443 e. The van der Waals surface area contributed by atoms with Gasteiger partial charge in [0.05, 0.1) is 16.4 Å². The van der Waals surface area contributed by atoms with Crippen molar-refractivity contribution in [1.29, 1.82) is 0 Å². The highest BCUT2D eigenvalue weighted by molar-refractivity contribution is 6.10. The van der Waals surface area contributed by atoms with Crippen molar-refractivity contribution >= 4 is 39.7 Å². The maximum atomic E-state index is 12.1. The quantitative estimate of drug-likeness (QED) is 0.523. The Bertz CT molecular complexity index is 1110. The van der Waals surface area contributed by atoms with E-state index < -0.39 is 6.09 Å². The van der Waals surface area contributed by atoms with Gasteiger partial charge in [-0.1, -0.05) is 30.3 Å². The van der Waals surface area contributed by atoms with Crippen LogP contribution in [0.15, 0.2) is 54.7 Å². The smallest absolute Gasteiger partial charge is 0.426 e. The van der Waals surface area contributed by atoms with Crippen LogP contribution in [-0.4, -0.2) is 20.7 Å². The number of nitrogens with zero attached hydrogens (tertiary/aromatic N) is 3. The number of hydrogen-bond donors (Lipinski definition) is 3. The summed E-state index contributed by atoms with van der Waals surface area (Å²) in [6.45, 7) is 0.189. The molecule has 0 atom stereocenters. The van der Waals surface area contributed by atoms with Crippen LogP contribution in [0.2, 0.25) is 0 Å². The van der Waals surface area contributed by atoms with Gasteiger partial charge in [0, 0.05) is 11.6 Å². The number of hydrogen-bond acceptors (Lipinski definition) is 6. The molecule has 0 fully saturated rings. The van der Waals surface area contributed by atoms with Crippen molar-refractivity contribution in [3.8, 4) is 0 Å². The van der Waals surface area contributed by atoms with Crippen molar-refractivity contribution in [3.05, 3.63) is 60.3 Å². The molecule has 5 N–H and O–H groups in total. The highest BCUT2D eigenvalue weighted by atomic mass is 16.6. The molecule has 0 aliphatic carbocycles. The second kappa shape index (κ2) is 6.25. The van der Waals surface area contributed by atoms with Crippen LogP contribution in [0.5, 0.6) is 0 Å². The molecule has 4 aromatic rings. The number of carbonyl (C=O) groups is 1. The Kier molecular flexibility index (Phi) is 3.77. The predicted octanol–water partition coefficient (Wildman–Crippen LogP) is 2.63. The van der Waals surface area contributed by atoms with Crippen LogP contribution in [0.4, 0.5) is 16.6 Å². The standard InChI is InChI=1S/C18H16N6O2/c19-16-15-12-8-9-24(14(12)7-6-13(15)21-17(20)22-16)23-18(25)26-10-11-4-2-1-3-5-11/h1-9H,10H2,(H,23,25)(H4,19,20,21,22). The summed E-state index contributed by atoms with van der Waals surface area (Å²) in [4.78, 5) is 20.3. The molecule has 2 aromatic heterocycles. The van der Waals surface area contributed by atoms with Gasteiger partial charge in [-0.25, -0.2) is 15.2 Å². The molecule has 0 aliphatic rings. The fourth-order valence-electron chi connectivity index (χ4n) is 2.85. The summed E-state index contributed by atoms with van der Waals surface area (Å²) in [5.41, 5.74) is 16.6. The number of amides is 1. The van der Waals surface area contributed by atoms with E-state index in [1.807, 2.05) is 42.5 Å². The molecule has 0 spiro atoms. The molecule has 8 heteroatoms. The molecular formula is C18H16N6O2. The predicted molar refractivity (Wildman–Crippen MR) is 99.8 cm³/mol. The molecule has 0 unspecified atom stereocenters. The molecule has 1 amide bonds. The van der Waals surface area contributed by atoms with Gasteiger partial charge in [0.2, 0.25) is 5.95 Å². The summed E-state index contributed by atoms with van der Waals surface area (Å²) in [6, 6.07) is 14.9. The second-order valence-corrected chi connectivity index (χ2v) is 5.72. The summed E-state index contributed by atoms with van der Waals surface area (Å²) in [6.07, 6.45) is 1.15. The molecule has 0 saturated heterocycles. The maximum Gasteiger partial charge on any atom is 0.426 e. The Hall–Kier alpha value is -3.81. The number of nitrogen functional groups attached to an aromatic ring is 2. The van der Waals surface area contributed by atoms with E-state index in [1.165, 1.54) is 0 Å². The lowest BCUT2D eigenvalue weighted by Crippen LogP contribution is -2.22. The molecule has 0 radical (unpaired) electrons. The highest BCUT2D eigenvalue weighted by Gasteiger charge is 2.12. The third-order valence-electron chi connectivity index (χ3n) is 4.00. The van der Waals surface area contributed by atoms with E-state index in [-0.39, 0.29) is 12.6 Å². The van der Waals surface area contributed by atoms with E-state index in [1.54, 1.807) is 16.9 Å². The van der Waals surface area contributed by atoms with E-state index >= 15 is 0 Å². The molecule has 0 bridgehead atoms. The van der Waals surface area contributed by atoms with Crippen molar-refractivity contribution in [3.63, 3.8) is 0 Å². The molecule has 0 saturated carbocycles. The minimum atomic E-state index is -0.562. The van der Waals surface area contributed by atoms with Gasteiger partial charge in [-0.3, -0.25) is 4.68 Å². The zero-order chi connectivity index (χ0) is 18.1. The van der Waals surface area contributed by atoms with Crippen molar-refractivity contribution < 1.29 is 9.53 Å². The normalized spacial score (nSPS) is 10.9. The Balaban J connectivity index is 1.59. The van der Waals surface area contributed by atoms with Crippen LogP contribution in [0, 0.1) is 0 Å². The lowest BCUT2D eigenvalue weighted by molar-refractivity contribution is 0.152. The topological polar surface area (TPSA) is 121 Å². The molecule has 0 aliphatic heterocycles. The summed E-state index contributed by atoms with van der Waals surface area (Å²) in [7, 11) is 0. The van der Waals surface area contributed by atoms with Crippen molar-refractivity contribution in [1.82, 2.24) is 14.6 Å². The van der Waals surface area contributed by atoms with Crippen LogP contribution in [0.3, 0.4) is 0 Å². The Labute approximate surface area is 148 Å². The van der Waals surface area contributed by atoms with Crippen molar-refractivity contribution in [2.24, 2.45) is 0 Å². The first-order valence-electron chi connectivity index (χ1n) is 7.92. The van der Waals surface area contributed by atoms with Crippen LogP contribution in [-0.2, 0) is 11.3 Å². The summed E-state index contributed by atoms with van der Waals surface area (Å²) in [5.74, 6) is 0.416. The summed E-state index contributed by atoms with van der Waals surface area (Å²) >= 11 is 0. The number of anilines is 2. The van der Waals surface area contributed by atoms with E-state index in [4.69, 9.17) is 16.2 Å². The Morgan fingerprint density at radius 1 is 1.08 bits per heavy atom. The summed E-state index contributed by atoms with van der Waals surface area (Å²) < 4.78 is 6.81. The van der Waals surface area contributed by atoms with E-state index in [0.29, 0.717) is 16.7 Å². The molecule has 130 valence electrons. The van der Waals surface area contributed by atoms with E-state index in [9.17, 15) is 4.79 Å². The van der Waals surface area contributed by atoms with Gasteiger partial charge in [-0.2, -0.15) is 4.98 Å². The zero-order valence-corrected chi connectivity index (χ0v) is 13.7. The number of carbonyl (C=O) groups excluding carboxylic acids is 1. The van der Waals surface area contributed by atoms with Gasteiger partial charge in [0.25, 0.3) is 0 Å². The fourth-order valence-corrected chi connectivity index (χ4v) is 2.85.